The number of nitrogens with two attached hydrogens (primary N) is 1. The molecule has 2 unspecified atom stereocenters. The molecule has 2 atom stereocenters. The molecule has 0 bridgehead atoms. The fourth-order valence-corrected chi connectivity index (χ4v) is 2.04. The van der Waals surface area contributed by atoms with Gasteiger partial charge in [-0.3, -0.25) is 0 Å². The van der Waals surface area contributed by atoms with E-state index in [9.17, 15) is 0 Å². The Balaban J connectivity index is 2.92. The van der Waals surface area contributed by atoms with Gasteiger partial charge in [0.05, 0.1) is 11.6 Å². The quantitative estimate of drug-likeness (QED) is 0.795. The van der Waals surface area contributed by atoms with Gasteiger partial charge in [0.2, 0.25) is 0 Å². The lowest BCUT2D eigenvalue weighted by Gasteiger charge is -2.34. The SMILES string of the molecule is CCCn1ccnc1C(N)C(C)(CC)OCC. The van der Waals surface area contributed by atoms with Gasteiger partial charge in [0, 0.05) is 25.5 Å². The van der Waals surface area contributed by atoms with Crippen molar-refractivity contribution >= 4 is 0 Å². The van der Waals surface area contributed by atoms with E-state index in [0.29, 0.717) is 6.61 Å². The van der Waals surface area contributed by atoms with Crippen LogP contribution in [0.25, 0.3) is 0 Å². The first kappa shape index (κ1) is 14.2. The predicted molar refractivity (Wildman–Crippen MR) is 69.8 cm³/mol. The third-order valence-corrected chi connectivity index (χ3v) is 3.32. The molecular formula is C13H25N3O. The van der Waals surface area contributed by atoms with Gasteiger partial charge in [-0.05, 0) is 26.7 Å². The smallest absolute Gasteiger partial charge is 0.128 e. The molecule has 98 valence electrons. The molecule has 0 saturated carbocycles. The number of nitrogens with zero attached hydrogens (tertiary/aromatic N) is 2. The van der Waals surface area contributed by atoms with Crippen molar-refractivity contribution in [2.24, 2.45) is 5.73 Å². The first-order chi connectivity index (χ1) is 8.09. The summed E-state index contributed by atoms with van der Waals surface area (Å²) in [7, 11) is 0. The maximum atomic E-state index is 6.34. The van der Waals surface area contributed by atoms with Gasteiger partial charge in [0.25, 0.3) is 0 Å². The van der Waals surface area contributed by atoms with Crippen LogP contribution < -0.4 is 5.73 Å². The van der Waals surface area contributed by atoms with Gasteiger partial charge in [0.1, 0.15) is 5.82 Å². The molecule has 0 fully saturated rings. The second-order valence-corrected chi connectivity index (χ2v) is 4.56. The topological polar surface area (TPSA) is 53.1 Å². The molecule has 1 aromatic rings. The Morgan fingerprint density at radius 1 is 1.47 bits per heavy atom. The Morgan fingerprint density at radius 3 is 2.71 bits per heavy atom. The number of aryl methyl sites for hydroxylation is 1. The lowest BCUT2D eigenvalue weighted by molar-refractivity contribution is -0.0497. The first-order valence-electron chi connectivity index (χ1n) is 6.49. The van der Waals surface area contributed by atoms with Crippen LogP contribution in [-0.2, 0) is 11.3 Å². The molecule has 17 heavy (non-hydrogen) atoms. The minimum absolute atomic E-state index is 0.186. The van der Waals surface area contributed by atoms with Crippen LogP contribution >= 0.6 is 0 Å². The third-order valence-electron chi connectivity index (χ3n) is 3.32. The lowest BCUT2D eigenvalue weighted by atomic mass is 9.93. The van der Waals surface area contributed by atoms with Gasteiger partial charge in [-0.25, -0.2) is 4.98 Å². The largest absolute Gasteiger partial charge is 0.373 e. The molecule has 1 heterocycles. The summed E-state index contributed by atoms with van der Waals surface area (Å²) in [5.74, 6) is 0.921. The fraction of sp³-hybridized carbons (Fsp3) is 0.769. The van der Waals surface area contributed by atoms with Crippen LogP contribution in [0.5, 0.6) is 0 Å². The number of aromatic nitrogens is 2. The highest BCUT2D eigenvalue weighted by Crippen LogP contribution is 2.29. The van der Waals surface area contributed by atoms with Crippen molar-refractivity contribution in [1.29, 1.82) is 0 Å². The maximum absolute atomic E-state index is 6.34. The first-order valence-corrected chi connectivity index (χ1v) is 6.49. The molecule has 0 spiro atoms. The fourth-order valence-electron chi connectivity index (χ4n) is 2.04. The maximum Gasteiger partial charge on any atom is 0.128 e. The Hall–Kier alpha value is -0.870. The highest BCUT2D eigenvalue weighted by atomic mass is 16.5. The Labute approximate surface area is 104 Å². The zero-order chi connectivity index (χ0) is 12.9. The summed E-state index contributed by atoms with van der Waals surface area (Å²) in [6.45, 7) is 9.94. The molecule has 1 rings (SSSR count). The van der Waals surface area contributed by atoms with Gasteiger partial charge in [-0.2, -0.15) is 0 Å². The van der Waals surface area contributed by atoms with Crippen LogP contribution in [0.4, 0.5) is 0 Å². The summed E-state index contributed by atoms with van der Waals surface area (Å²) in [5, 5.41) is 0. The molecule has 0 aliphatic heterocycles. The monoisotopic (exact) mass is 239 g/mol. The molecule has 1 aromatic heterocycles. The Bertz CT molecular complexity index is 337. The number of imidazole rings is 1. The zero-order valence-corrected chi connectivity index (χ0v) is 11.4. The van der Waals surface area contributed by atoms with Crippen LogP contribution in [-0.4, -0.2) is 21.8 Å². The molecule has 0 aliphatic rings. The minimum atomic E-state index is -0.342. The van der Waals surface area contributed by atoms with Crippen LogP contribution in [0, 0.1) is 0 Å². The molecule has 0 aromatic carbocycles. The zero-order valence-electron chi connectivity index (χ0n) is 11.4. The van der Waals surface area contributed by atoms with Crippen molar-refractivity contribution in [2.45, 2.75) is 58.7 Å². The summed E-state index contributed by atoms with van der Waals surface area (Å²) in [5.41, 5.74) is 6.00. The van der Waals surface area contributed by atoms with Crippen LogP contribution in [0.2, 0.25) is 0 Å². The molecule has 4 heteroatoms. The summed E-state index contributed by atoms with van der Waals surface area (Å²) in [6, 6.07) is -0.186. The number of ether oxygens (including phenoxy) is 1. The van der Waals surface area contributed by atoms with Gasteiger partial charge in [0.15, 0.2) is 0 Å². The highest BCUT2D eigenvalue weighted by molar-refractivity contribution is 5.05. The minimum Gasteiger partial charge on any atom is -0.373 e. The molecule has 0 aliphatic carbocycles. The second-order valence-electron chi connectivity index (χ2n) is 4.56. The van der Waals surface area contributed by atoms with Crippen molar-refractivity contribution in [3.63, 3.8) is 0 Å². The standard InChI is InChI=1S/C13H25N3O/c1-5-9-16-10-8-15-12(16)11(14)13(4,6-2)17-7-3/h8,10-11H,5-7,9,14H2,1-4H3. The molecule has 0 saturated heterocycles. The van der Waals surface area contributed by atoms with E-state index in [-0.39, 0.29) is 11.6 Å². The average Bonchev–Trinajstić information content (AvgIpc) is 2.77. The summed E-state index contributed by atoms with van der Waals surface area (Å²) >= 11 is 0. The third kappa shape index (κ3) is 3.07. The summed E-state index contributed by atoms with van der Waals surface area (Å²) in [6.07, 6.45) is 5.75. The Morgan fingerprint density at radius 2 is 2.18 bits per heavy atom. The van der Waals surface area contributed by atoms with E-state index in [1.807, 2.05) is 19.3 Å². The van der Waals surface area contributed by atoms with Crippen molar-refractivity contribution < 1.29 is 4.74 Å². The van der Waals surface area contributed by atoms with E-state index in [0.717, 1.165) is 25.2 Å². The molecule has 0 radical (unpaired) electrons. The second kappa shape index (κ2) is 6.17. The highest BCUT2D eigenvalue weighted by Gasteiger charge is 2.34. The van der Waals surface area contributed by atoms with Gasteiger partial charge in [-0.1, -0.05) is 13.8 Å². The Kier molecular flexibility index (Phi) is 5.15. The number of rotatable bonds is 7. The summed E-state index contributed by atoms with van der Waals surface area (Å²) < 4.78 is 7.94. The van der Waals surface area contributed by atoms with Gasteiger partial charge in [-0.15, -0.1) is 0 Å². The molecule has 4 nitrogen and oxygen atoms in total. The summed E-state index contributed by atoms with van der Waals surface area (Å²) in [4.78, 5) is 4.39. The average molecular weight is 239 g/mol. The molecular weight excluding hydrogens is 214 g/mol. The van der Waals surface area contributed by atoms with E-state index in [1.165, 1.54) is 0 Å². The van der Waals surface area contributed by atoms with Crippen LogP contribution in [0.3, 0.4) is 0 Å². The van der Waals surface area contributed by atoms with Gasteiger partial charge < -0.3 is 15.0 Å². The van der Waals surface area contributed by atoms with Crippen LogP contribution in [0.15, 0.2) is 12.4 Å². The van der Waals surface area contributed by atoms with Crippen molar-refractivity contribution in [3.8, 4) is 0 Å². The molecule has 2 N–H and O–H groups in total. The normalized spacial score (nSPS) is 16.8. The molecule has 0 amide bonds. The predicted octanol–water partition coefficient (Wildman–Crippen LogP) is 2.50. The van der Waals surface area contributed by atoms with Crippen LogP contribution in [0.1, 0.15) is 52.4 Å². The number of hydrogen-bond acceptors (Lipinski definition) is 3. The van der Waals surface area contributed by atoms with E-state index < -0.39 is 0 Å². The van der Waals surface area contributed by atoms with Crippen molar-refractivity contribution in [1.82, 2.24) is 9.55 Å². The lowest BCUT2D eigenvalue weighted by Crippen LogP contribution is -2.42. The van der Waals surface area contributed by atoms with Crippen molar-refractivity contribution in [2.75, 3.05) is 6.61 Å². The van der Waals surface area contributed by atoms with E-state index >= 15 is 0 Å². The number of hydrogen-bond donors (Lipinski definition) is 1. The van der Waals surface area contributed by atoms with Gasteiger partial charge >= 0.3 is 0 Å². The van der Waals surface area contributed by atoms with E-state index in [2.05, 4.69) is 30.3 Å². The van der Waals surface area contributed by atoms with E-state index in [1.54, 1.807) is 0 Å². The van der Waals surface area contributed by atoms with Crippen molar-refractivity contribution in [3.05, 3.63) is 18.2 Å². The van der Waals surface area contributed by atoms with E-state index in [4.69, 9.17) is 10.5 Å².